The van der Waals surface area contributed by atoms with Crippen molar-refractivity contribution in [3.63, 3.8) is 0 Å². The van der Waals surface area contributed by atoms with Crippen molar-refractivity contribution in [2.45, 2.75) is 127 Å². The van der Waals surface area contributed by atoms with Gasteiger partial charge in [0.2, 0.25) is 0 Å². The Morgan fingerprint density at radius 1 is 0.737 bits per heavy atom. The number of alkyl halides is 11. The Balaban J connectivity index is 1.74. The monoisotopic (exact) mass is 832 g/mol. The van der Waals surface area contributed by atoms with E-state index in [1.165, 1.54) is 40.7 Å². The normalized spacial score (nSPS) is 14.8. The second-order valence-corrected chi connectivity index (χ2v) is 15.7. The van der Waals surface area contributed by atoms with Gasteiger partial charge in [-0.25, -0.2) is 4.79 Å². The molecule has 2 aromatic carbocycles. The lowest BCUT2D eigenvalue weighted by Crippen LogP contribution is -2.62. The Bertz CT molecular complexity index is 1930. The van der Waals surface area contributed by atoms with Crippen LogP contribution in [-0.2, 0) is 22.1 Å². The summed E-state index contributed by atoms with van der Waals surface area (Å²) in [6.45, 7) is 6.03. The first-order valence-electron chi connectivity index (χ1n) is 18.0. The number of aryl methyl sites for hydroxylation is 1. The predicted molar refractivity (Wildman–Crippen MR) is 191 cm³/mol. The van der Waals surface area contributed by atoms with Gasteiger partial charge >= 0.3 is 41.5 Å². The fourth-order valence-corrected chi connectivity index (χ4v) is 6.14. The van der Waals surface area contributed by atoms with Gasteiger partial charge in [-0.05, 0) is 83.7 Å². The molecule has 0 fully saturated rings. The molecule has 3 aromatic rings. The van der Waals surface area contributed by atoms with Crippen LogP contribution >= 0.6 is 0 Å². The van der Waals surface area contributed by atoms with E-state index in [0.717, 1.165) is 49.2 Å². The fourth-order valence-electron chi connectivity index (χ4n) is 6.14. The minimum Gasteiger partial charge on any atom is -0.493 e. The van der Waals surface area contributed by atoms with E-state index in [9.17, 15) is 57.9 Å². The molecule has 1 unspecified atom stereocenters. The molecule has 320 valence electrons. The number of carbonyl (C=O) groups excluding carboxylic acids is 1. The maximum atomic E-state index is 14.7. The van der Waals surface area contributed by atoms with Crippen molar-refractivity contribution in [3.05, 3.63) is 64.0 Å². The van der Waals surface area contributed by atoms with E-state index in [0.29, 0.717) is 18.4 Å². The van der Waals surface area contributed by atoms with Crippen molar-refractivity contribution in [1.82, 2.24) is 0 Å². The number of carbonyl (C=O) groups is 1. The van der Waals surface area contributed by atoms with Crippen LogP contribution in [0.2, 0.25) is 0 Å². The van der Waals surface area contributed by atoms with E-state index < -0.39 is 106 Å². The summed E-state index contributed by atoms with van der Waals surface area (Å²) in [5.41, 5.74) is 4.79. The molecule has 18 heteroatoms. The van der Waals surface area contributed by atoms with Crippen LogP contribution in [0.4, 0.5) is 48.3 Å². The Kier molecular flexibility index (Phi) is 13.9. The molecule has 1 heterocycles. The zero-order valence-electron chi connectivity index (χ0n) is 32.3. The highest BCUT2D eigenvalue weighted by Gasteiger charge is 2.79. The summed E-state index contributed by atoms with van der Waals surface area (Å²) >= 11 is 0. The Morgan fingerprint density at radius 3 is 1.84 bits per heavy atom. The van der Waals surface area contributed by atoms with Crippen LogP contribution in [0.1, 0.15) is 91.2 Å². The molecular formula is C39H47F11N2O5. The largest absolute Gasteiger partial charge is 0.493 e. The molecule has 0 spiro atoms. The number of hydrogen-bond donors (Lipinski definition) is 2. The molecule has 0 aliphatic rings. The summed E-state index contributed by atoms with van der Waals surface area (Å²) < 4.78 is 174. The number of fused-ring (bicyclic) bond motifs is 1. The third kappa shape index (κ3) is 10.6. The first-order valence-corrected chi connectivity index (χ1v) is 18.0. The molecule has 0 bridgehead atoms. The summed E-state index contributed by atoms with van der Waals surface area (Å²) in [5.74, 6) is -26.6. The molecule has 7 nitrogen and oxygen atoms in total. The van der Waals surface area contributed by atoms with Crippen LogP contribution < -0.4 is 21.8 Å². The number of nitrogens with two attached hydrogens (primary N) is 2. The number of unbranched alkanes of at least 4 members (excludes halogenated alkanes) is 2. The molecular weight excluding hydrogens is 785 g/mol. The van der Waals surface area contributed by atoms with E-state index in [-0.39, 0.29) is 17.4 Å². The summed E-state index contributed by atoms with van der Waals surface area (Å²) in [6.07, 6.45) is -6.77. The first-order chi connectivity index (χ1) is 25.8. The van der Waals surface area contributed by atoms with Crippen LogP contribution in [0.5, 0.6) is 5.75 Å². The van der Waals surface area contributed by atoms with Crippen molar-refractivity contribution in [2.24, 2.45) is 16.9 Å². The number of halogens is 11. The minimum atomic E-state index is -6.66. The number of benzene rings is 2. The van der Waals surface area contributed by atoms with Gasteiger partial charge in [-0.2, -0.15) is 48.3 Å². The molecule has 4 N–H and O–H groups in total. The standard InChI is InChI=1S/C39H47F11N2O5/c1-7-8-9-10-23-11-14-26(28(19-23)37(44,45)46)27-20-24-12-13-25(21-29(24)57-30(27)53)55-17-15-35(40,41)38(47,48)39(49,50)36(42,43)16-18-56-31(54)34(6,33(4,5)52)22-32(2,3)51/h11-14,19-21H,7-10,15-18,22,51-52H2,1-6H3. The molecule has 57 heavy (non-hydrogen) atoms. The van der Waals surface area contributed by atoms with Gasteiger partial charge < -0.3 is 25.4 Å². The zero-order chi connectivity index (χ0) is 43.6. The lowest BCUT2D eigenvalue weighted by atomic mass is 9.67. The first kappa shape index (κ1) is 47.4. The molecule has 1 aromatic heterocycles. The molecule has 1 atom stereocenters. The lowest BCUT2D eigenvalue weighted by molar-refractivity contribution is -0.369. The summed E-state index contributed by atoms with van der Waals surface area (Å²) in [4.78, 5) is 25.7. The number of hydrogen-bond acceptors (Lipinski definition) is 7. The molecule has 0 saturated carbocycles. The summed E-state index contributed by atoms with van der Waals surface area (Å²) in [7, 11) is 0. The van der Waals surface area contributed by atoms with Gasteiger partial charge in [0.25, 0.3) is 0 Å². The maximum absolute atomic E-state index is 14.7. The van der Waals surface area contributed by atoms with E-state index >= 15 is 0 Å². The van der Waals surface area contributed by atoms with Crippen molar-refractivity contribution in [2.75, 3.05) is 13.2 Å². The predicted octanol–water partition coefficient (Wildman–Crippen LogP) is 10.3. The van der Waals surface area contributed by atoms with E-state index in [2.05, 4.69) is 0 Å². The molecule has 0 aliphatic heterocycles. The van der Waals surface area contributed by atoms with Crippen molar-refractivity contribution in [3.8, 4) is 16.9 Å². The minimum absolute atomic E-state index is 0.0427. The quantitative estimate of drug-likeness (QED) is 0.0535. The lowest BCUT2D eigenvalue weighted by Gasteiger charge is -2.43. The smallest absolute Gasteiger partial charge is 0.417 e. The number of ether oxygens (including phenoxy) is 2. The van der Waals surface area contributed by atoms with Gasteiger partial charge in [0.15, 0.2) is 0 Å². The van der Waals surface area contributed by atoms with E-state index in [1.807, 2.05) is 6.92 Å². The zero-order valence-corrected chi connectivity index (χ0v) is 32.3. The van der Waals surface area contributed by atoms with Gasteiger partial charge in [-0.1, -0.05) is 31.9 Å². The number of esters is 1. The van der Waals surface area contributed by atoms with Gasteiger partial charge in [-0.3, -0.25) is 4.79 Å². The van der Waals surface area contributed by atoms with E-state index in [1.54, 1.807) is 0 Å². The second-order valence-electron chi connectivity index (χ2n) is 15.7. The number of rotatable bonds is 19. The average molecular weight is 833 g/mol. The van der Waals surface area contributed by atoms with Crippen molar-refractivity contribution in [1.29, 1.82) is 0 Å². The van der Waals surface area contributed by atoms with Gasteiger partial charge in [0.1, 0.15) is 11.3 Å². The van der Waals surface area contributed by atoms with Crippen molar-refractivity contribution >= 4 is 16.9 Å². The molecule has 0 amide bonds. The summed E-state index contributed by atoms with van der Waals surface area (Å²) in [6, 6.07) is 7.73. The Morgan fingerprint density at radius 2 is 1.32 bits per heavy atom. The highest BCUT2D eigenvalue weighted by molar-refractivity contribution is 5.83. The Hall–Kier alpha value is -3.93. The summed E-state index contributed by atoms with van der Waals surface area (Å²) in [5, 5.41) is 0.0427. The molecule has 0 radical (unpaired) electrons. The average Bonchev–Trinajstić information content (AvgIpc) is 3.06. The maximum Gasteiger partial charge on any atom is 0.417 e. The molecule has 3 rings (SSSR count). The SMILES string of the molecule is CCCCCc1ccc(-c2cc3ccc(OCCC(F)(F)C(F)(F)C(F)(F)C(F)(F)CCOC(=O)C(C)(CC(C)(C)N)C(C)(C)N)cc3oc2=O)c(C(F)(F)F)c1. The second kappa shape index (κ2) is 16.7. The highest BCUT2D eigenvalue weighted by Crippen LogP contribution is 2.54. The van der Waals surface area contributed by atoms with Gasteiger partial charge in [-0.15, -0.1) is 0 Å². The molecule has 0 aliphatic carbocycles. The molecule has 0 saturated heterocycles. The third-order valence-electron chi connectivity index (χ3n) is 9.78. The Labute approximate surface area is 322 Å². The fraction of sp³-hybridized carbons (Fsp3) is 0.590. The van der Waals surface area contributed by atoms with Crippen LogP contribution in [0.3, 0.4) is 0 Å². The van der Waals surface area contributed by atoms with Crippen LogP contribution in [0, 0.1) is 5.41 Å². The van der Waals surface area contributed by atoms with Crippen LogP contribution in [-0.4, -0.2) is 54.0 Å². The van der Waals surface area contributed by atoms with Gasteiger partial charge in [0, 0.05) is 28.1 Å². The van der Waals surface area contributed by atoms with Crippen molar-refractivity contribution < 1.29 is 67.0 Å². The highest BCUT2D eigenvalue weighted by atomic mass is 19.4. The van der Waals surface area contributed by atoms with Crippen LogP contribution in [0.15, 0.2) is 51.7 Å². The van der Waals surface area contributed by atoms with Gasteiger partial charge in [0.05, 0.1) is 42.6 Å². The van der Waals surface area contributed by atoms with E-state index in [4.69, 9.17) is 25.4 Å². The topological polar surface area (TPSA) is 118 Å². The van der Waals surface area contributed by atoms with Crippen LogP contribution in [0.25, 0.3) is 22.1 Å². The third-order valence-corrected chi connectivity index (χ3v) is 9.78.